The number of amides is 1. The zero-order valence-electron chi connectivity index (χ0n) is 11.7. The van der Waals surface area contributed by atoms with E-state index >= 15 is 0 Å². The van der Waals surface area contributed by atoms with Gasteiger partial charge in [-0.1, -0.05) is 13.8 Å². The van der Waals surface area contributed by atoms with Gasteiger partial charge in [-0.3, -0.25) is 4.79 Å². The summed E-state index contributed by atoms with van der Waals surface area (Å²) in [5, 5.41) is 3.10. The van der Waals surface area contributed by atoms with Crippen LogP contribution in [-0.2, 0) is 0 Å². The predicted molar refractivity (Wildman–Crippen MR) is 78.3 cm³/mol. The molecule has 20 heavy (non-hydrogen) atoms. The lowest BCUT2D eigenvalue weighted by Crippen LogP contribution is -2.44. The maximum atomic E-state index is 13.7. The van der Waals surface area contributed by atoms with Crippen LogP contribution >= 0.6 is 11.8 Å². The van der Waals surface area contributed by atoms with Gasteiger partial charge in [-0.15, -0.1) is 0 Å². The second kappa shape index (κ2) is 5.99. The van der Waals surface area contributed by atoms with Gasteiger partial charge in [0.05, 0.1) is 0 Å². The van der Waals surface area contributed by atoms with Crippen LogP contribution in [0, 0.1) is 11.6 Å². The summed E-state index contributed by atoms with van der Waals surface area (Å²) in [7, 11) is 1.44. The largest absolute Gasteiger partial charge is 0.383 e. The molecule has 3 nitrogen and oxygen atoms in total. The van der Waals surface area contributed by atoms with Crippen molar-refractivity contribution in [2.24, 2.45) is 0 Å². The highest BCUT2D eigenvalue weighted by Gasteiger charge is 2.27. The molecule has 1 fully saturated rings. The highest BCUT2D eigenvalue weighted by Crippen LogP contribution is 2.27. The van der Waals surface area contributed by atoms with Gasteiger partial charge in [-0.05, 0) is 12.1 Å². The number of nitrogens with zero attached hydrogens (tertiary/aromatic N) is 1. The maximum Gasteiger partial charge on any atom is 0.254 e. The first-order chi connectivity index (χ1) is 9.42. The molecule has 1 heterocycles. The van der Waals surface area contributed by atoms with Gasteiger partial charge < -0.3 is 10.2 Å². The van der Waals surface area contributed by atoms with E-state index in [1.54, 1.807) is 4.90 Å². The van der Waals surface area contributed by atoms with Gasteiger partial charge in [-0.2, -0.15) is 11.8 Å². The molecule has 1 N–H and O–H groups in total. The van der Waals surface area contributed by atoms with Crippen LogP contribution in [0.2, 0.25) is 0 Å². The molecule has 2 unspecified atom stereocenters. The molecule has 0 aromatic heterocycles. The molecule has 0 spiro atoms. The third-order valence-corrected chi connectivity index (χ3v) is 4.47. The zero-order valence-corrected chi connectivity index (χ0v) is 12.6. The second-order valence-electron chi connectivity index (χ2n) is 5.03. The first-order valence-corrected chi connectivity index (χ1v) is 7.48. The fourth-order valence-electron chi connectivity index (χ4n) is 2.46. The molecule has 1 amide bonds. The smallest absolute Gasteiger partial charge is 0.254 e. The topological polar surface area (TPSA) is 32.3 Å². The second-order valence-corrected chi connectivity index (χ2v) is 6.91. The summed E-state index contributed by atoms with van der Waals surface area (Å²) < 4.78 is 27.4. The Kier molecular flexibility index (Phi) is 4.52. The summed E-state index contributed by atoms with van der Waals surface area (Å²) in [5.41, 5.74) is -0.150. The van der Waals surface area contributed by atoms with E-state index in [9.17, 15) is 13.6 Å². The quantitative estimate of drug-likeness (QED) is 0.911. The number of nitrogens with one attached hydrogen (secondary N) is 1. The van der Waals surface area contributed by atoms with Crippen LogP contribution in [0.15, 0.2) is 12.1 Å². The number of anilines is 1. The maximum absolute atomic E-state index is 13.7. The summed E-state index contributed by atoms with van der Waals surface area (Å²) >= 11 is 1.82. The Balaban J connectivity index is 2.25. The van der Waals surface area contributed by atoms with Crippen molar-refractivity contribution in [1.29, 1.82) is 0 Å². The molecule has 0 aliphatic carbocycles. The fraction of sp³-hybridized carbons (Fsp3) is 0.500. The van der Waals surface area contributed by atoms with Crippen LogP contribution in [0.3, 0.4) is 0 Å². The number of benzene rings is 1. The Morgan fingerprint density at radius 3 is 2.20 bits per heavy atom. The molecule has 1 aliphatic heterocycles. The lowest BCUT2D eigenvalue weighted by atomic mass is 10.1. The predicted octanol–water partition coefficient (Wildman–Crippen LogP) is 2.97. The lowest BCUT2D eigenvalue weighted by molar-refractivity contribution is 0.0752. The van der Waals surface area contributed by atoms with Crippen molar-refractivity contribution in [2.45, 2.75) is 24.3 Å². The van der Waals surface area contributed by atoms with Crippen molar-refractivity contribution in [3.8, 4) is 0 Å². The van der Waals surface area contributed by atoms with Crippen LogP contribution in [0.1, 0.15) is 24.2 Å². The van der Waals surface area contributed by atoms with Crippen LogP contribution in [0.4, 0.5) is 14.5 Å². The Bertz CT molecular complexity index is 491. The molecule has 2 rings (SSSR count). The van der Waals surface area contributed by atoms with E-state index in [1.807, 2.05) is 25.6 Å². The van der Waals surface area contributed by atoms with Crippen molar-refractivity contribution >= 4 is 23.4 Å². The minimum Gasteiger partial charge on any atom is -0.383 e. The summed E-state index contributed by atoms with van der Waals surface area (Å²) in [6.07, 6.45) is 0. The van der Waals surface area contributed by atoms with Gasteiger partial charge in [-0.25, -0.2) is 8.78 Å². The third-order valence-electron chi connectivity index (χ3n) is 3.25. The van der Waals surface area contributed by atoms with Gasteiger partial charge in [0.1, 0.15) is 17.3 Å². The lowest BCUT2D eigenvalue weighted by Gasteiger charge is -2.34. The molecule has 1 aromatic carbocycles. The van der Waals surface area contributed by atoms with Crippen LogP contribution < -0.4 is 5.32 Å². The third kappa shape index (κ3) is 3.06. The molecule has 1 aliphatic rings. The Morgan fingerprint density at radius 1 is 1.25 bits per heavy atom. The van der Waals surface area contributed by atoms with Crippen LogP contribution in [-0.4, -0.2) is 41.4 Å². The Morgan fingerprint density at radius 2 is 1.75 bits per heavy atom. The van der Waals surface area contributed by atoms with Gasteiger partial charge in [0.2, 0.25) is 0 Å². The highest BCUT2D eigenvalue weighted by molar-refractivity contribution is 8.00. The summed E-state index contributed by atoms with van der Waals surface area (Å²) in [6, 6.07) is 2.18. The average Bonchev–Trinajstić information content (AvgIpc) is 2.36. The molecule has 110 valence electrons. The SMILES string of the molecule is CNc1c(F)cc(C(=O)N2CC(C)SC(C)C2)cc1F. The molecular weight excluding hydrogens is 282 g/mol. The van der Waals surface area contributed by atoms with Gasteiger partial charge in [0, 0.05) is 36.2 Å². The number of carbonyl (C=O) groups is 1. The number of hydrogen-bond donors (Lipinski definition) is 1. The minimum absolute atomic E-state index is 0.0605. The van der Waals surface area contributed by atoms with E-state index in [0.29, 0.717) is 23.6 Å². The first kappa shape index (κ1) is 15.1. The fourth-order valence-corrected chi connectivity index (χ4v) is 3.79. The summed E-state index contributed by atoms with van der Waals surface area (Å²) in [6.45, 7) is 5.30. The molecule has 6 heteroatoms. The Labute approximate surface area is 121 Å². The molecule has 1 aromatic rings. The van der Waals surface area contributed by atoms with Crippen molar-refractivity contribution in [2.75, 3.05) is 25.5 Å². The normalized spacial score (nSPS) is 22.8. The van der Waals surface area contributed by atoms with Crippen molar-refractivity contribution in [1.82, 2.24) is 4.90 Å². The van der Waals surface area contributed by atoms with Gasteiger partial charge >= 0.3 is 0 Å². The van der Waals surface area contributed by atoms with Crippen LogP contribution in [0.25, 0.3) is 0 Å². The van der Waals surface area contributed by atoms with Crippen LogP contribution in [0.5, 0.6) is 0 Å². The molecular formula is C14H18F2N2OS. The highest BCUT2D eigenvalue weighted by atomic mass is 32.2. The summed E-state index contributed by atoms with van der Waals surface area (Å²) in [4.78, 5) is 14.0. The van der Waals surface area contributed by atoms with E-state index in [-0.39, 0.29) is 17.2 Å². The first-order valence-electron chi connectivity index (χ1n) is 6.54. The van der Waals surface area contributed by atoms with E-state index < -0.39 is 11.6 Å². The number of rotatable bonds is 2. The number of halogens is 2. The molecule has 0 bridgehead atoms. The molecule has 2 atom stereocenters. The average molecular weight is 300 g/mol. The zero-order chi connectivity index (χ0) is 14.9. The van der Waals surface area contributed by atoms with E-state index in [4.69, 9.17) is 0 Å². The Hall–Kier alpha value is -1.30. The molecule has 1 saturated heterocycles. The van der Waals surface area contributed by atoms with Gasteiger partial charge in [0.15, 0.2) is 0 Å². The number of carbonyl (C=O) groups excluding carboxylic acids is 1. The van der Waals surface area contributed by atoms with Crippen molar-refractivity contribution in [3.05, 3.63) is 29.3 Å². The monoisotopic (exact) mass is 300 g/mol. The molecule has 0 saturated carbocycles. The van der Waals surface area contributed by atoms with E-state index in [0.717, 1.165) is 12.1 Å². The van der Waals surface area contributed by atoms with Crippen molar-refractivity contribution < 1.29 is 13.6 Å². The summed E-state index contributed by atoms with van der Waals surface area (Å²) in [5.74, 6) is -1.81. The number of hydrogen-bond acceptors (Lipinski definition) is 3. The number of thioether (sulfide) groups is 1. The molecule has 0 radical (unpaired) electrons. The van der Waals surface area contributed by atoms with E-state index in [2.05, 4.69) is 5.32 Å². The standard InChI is InChI=1S/C14H18F2N2OS/c1-8-6-18(7-9(2)20-8)14(19)10-4-11(15)13(17-3)12(16)5-10/h4-5,8-9,17H,6-7H2,1-3H3. The van der Waals surface area contributed by atoms with E-state index in [1.165, 1.54) is 7.05 Å². The van der Waals surface area contributed by atoms with Crippen molar-refractivity contribution in [3.63, 3.8) is 0 Å². The minimum atomic E-state index is -0.747. The van der Waals surface area contributed by atoms with Gasteiger partial charge in [0.25, 0.3) is 5.91 Å².